The molecule has 0 bridgehead atoms. The highest BCUT2D eigenvalue weighted by atomic mass is 35.5. The van der Waals surface area contributed by atoms with Crippen LogP contribution in [0.1, 0.15) is 26.3 Å². The summed E-state index contributed by atoms with van der Waals surface area (Å²) in [5.41, 5.74) is 6.00. The van der Waals surface area contributed by atoms with Gasteiger partial charge in [0.1, 0.15) is 5.75 Å². The van der Waals surface area contributed by atoms with Gasteiger partial charge in [0, 0.05) is 0 Å². The average Bonchev–Trinajstić information content (AvgIpc) is 2.28. The summed E-state index contributed by atoms with van der Waals surface area (Å²) in [5.74, 6) is 0.824. The number of halogens is 1. The van der Waals surface area contributed by atoms with E-state index in [0.717, 1.165) is 0 Å². The molecule has 0 aliphatic heterocycles. The Labute approximate surface area is 106 Å². The number of oxime groups is 1. The van der Waals surface area contributed by atoms with Crippen LogP contribution in [0.15, 0.2) is 23.4 Å². The van der Waals surface area contributed by atoms with E-state index in [4.69, 9.17) is 27.3 Å². The lowest BCUT2D eigenvalue weighted by Gasteiger charge is -2.20. The largest absolute Gasteiger partial charge is 0.490 e. The third-order valence-corrected chi connectivity index (χ3v) is 2.91. The first kappa shape index (κ1) is 13.6. The van der Waals surface area contributed by atoms with Crippen molar-refractivity contribution in [3.8, 4) is 5.75 Å². The van der Waals surface area contributed by atoms with Gasteiger partial charge in [-0.15, -0.1) is 0 Å². The van der Waals surface area contributed by atoms with E-state index in [-0.39, 0.29) is 11.9 Å². The number of hydrogen-bond donors (Lipinski definition) is 2. The second kappa shape index (κ2) is 5.77. The Morgan fingerprint density at radius 2 is 2.06 bits per heavy atom. The van der Waals surface area contributed by atoms with Gasteiger partial charge in [-0.3, -0.25) is 0 Å². The molecule has 0 spiro atoms. The van der Waals surface area contributed by atoms with Gasteiger partial charge in [-0.2, -0.15) is 0 Å². The first-order valence-corrected chi connectivity index (χ1v) is 5.78. The second-order valence-corrected chi connectivity index (χ2v) is 4.57. The minimum absolute atomic E-state index is 0.0127. The molecule has 5 heteroatoms. The van der Waals surface area contributed by atoms with Crippen LogP contribution in [0, 0.1) is 5.92 Å². The fourth-order valence-electron chi connectivity index (χ4n) is 1.24. The SMILES string of the molecule is CC(C)C(C)Oc1cccc(Cl)c1C(N)=NO. The van der Waals surface area contributed by atoms with Crippen molar-refractivity contribution in [2.75, 3.05) is 0 Å². The monoisotopic (exact) mass is 256 g/mol. The van der Waals surface area contributed by atoms with Crippen LogP contribution in [-0.2, 0) is 0 Å². The number of benzene rings is 1. The summed E-state index contributed by atoms with van der Waals surface area (Å²) in [7, 11) is 0. The van der Waals surface area contributed by atoms with Gasteiger partial charge in [-0.25, -0.2) is 0 Å². The predicted molar refractivity (Wildman–Crippen MR) is 68.9 cm³/mol. The Morgan fingerprint density at radius 1 is 1.41 bits per heavy atom. The summed E-state index contributed by atoms with van der Waals surface area (Å²) >= 11 is 6.01. The molecule has 0 fully saturated rings. The topological polar surface area (TPSA) is 67.8 Å². The lowest BCUT2D eigenvalue weighted by atomic mass is 10.1. The highest BCUT2D eigenvalue weighted by Gasteiger charge is 2.16. The zero-order chi connectivity index (χ0) is 13.0. The molecule has 1 aromatic rings. The number of amidine groups is 1. The molecule has 94 valence electrons. The molecule has 0 saturated carbocycles. The van der Waals surface area contributed by atoms with Gasteiger partial charge in [0.25, 0.3) is 0 Å². The summed E-state index contributed by atoms with van der Waals surface area (Å²) in [6, 6.07) is 5.18. The first-order chi connectivity index (χ1) is 7.97. The Kier molecular flexibility index (Phi) is 4.63. The summed E-state index contributed by atoms with van der Waals surface area (Å²) in [6.45, 7) is 6.07. The maximum atomic E-state index is 8.73. The molecule has 0 heterocycles. The maximum absolute atomic E-state index is 8.73. The van der Waals surface area contributed by atoms with Gasteiger partial charge in [-0.05, 0) is 25.0 Å². The average molecular weight is 257 g/mol. The van der Waals surface area contributed by atoms with Crippen molar-refractivity contribution in [1.82, 2.24) is 0 Å². The third-order valence-electron chi connectivity index (χ3n) is 2.59. The molecule has 1 unspecified atom stereocenters. The van der Waals surface area contributed by atoms with Crippen LogP contribution in [0.4, 0.5) is 0 Å². The lowest BCUT2D eigenvalue weighted by molar-refractivity contribution is 0.170. The van der Waals surface area contributed by atoms with Crippen LogP contribution in [0.3, 0.4) is 0 Å². The van der Waals surface area contributed by atoms with Gasteiger partial charge in [0.15, 0.2) is 5.84 Å². The normalized spacial score (nSPS) is 13.8. The molecule has 0 amide bonds. The number of hydrogen-bond acceptors (Lipinski definition) is 3. The van der Waals surface area contributed by atoms with E-state index in [9.17, 15) is 0 Å². The van der Waals surface area contributed by atoms with Crippen molar-refractivity contribution in [3.63, 3.8) is 0 Å². The molecule has 0 radical (unpaired) electrons. The minimum Gasteiger partial charge on any atom is -0.490 e. The third kappa shape index (κ3) is 3.27. The van der Waals surface area contributed by atoms with Crippen LogP contribution in [0.5, 0.6) is 5.75 Å². The fourth-order valence-corrected chi connectivity index (χ4v) is 1.50. The first-order valence-electron chi connectivity index (χ1n) is 5.40. The molecule has 4 nitrogen and oxygen atoms in total. The number of ether oxygens (including phenoxy) is 1. The highest BCUT2D eigenvalue weighted by Crippen LogP contribution is 2.27. The summed E-state index contributed by atoms with van der Waals surface area (Å²) < 4.78 is 5.75. The standard InChI is InChI=1S/C12H17ClN2O2/c1-7(2)8(3)17-10-6-4-5-9(13)11(10)12(14)15-16/h4-8,16H,1-3H3,(H2,14,15). The number of nitrogens with zero attached hydrogens (tertiary/aromatic N) is 1. The van der Waals surface area contributed by atoms with Gasteiger partial charge in [0.2, 0.25) is 0 Å². The minimum atomic E-state index is -0.0541. The predicted octanol–water partition coefficient (Wildman–Crippen LogP) is 2.86. The molecule has 1 aromatic carbocycles. The number of nitrogens with two attached hydrogens (primary N) is 1. The van der Waals surface area contributed by atoms with Gasteiger partial charge >= 0.3 is 0 Å². The van der Waals surface area contributed by atoms with E-state index >= 15 is 0 Å². The molecule has 1 rings (SSSR count). The van der Waals surface area contributed by atoms with Crippen LogP contribution in [-0.4, -0.2) is 17.1 Å². The lowest BCUT2D eigenvalue weighted by Crippen LogP contribution is -2.22. The van der Waals surface area contributed by atoms with E-state index in [2.05, 4.69) is 19.0 Å². The van der Waals surface area contributed by atoms with Crippen molar-refractivity contribution in [2.24, 2.45) is 16.8 Å². The van der Waals surface area contributed by atoms with Crippen molar-refractivity contribution in [2.45, 2.75) is 26.9 Å². The van der Waals surface area contributed by atoms with Gasteiger partial charge in [0.05, 0.1) is 16.7 Å². The number of rotatable bonds is 4. The Balaban J connectivity index is 3.11. The van der Waals surface area contributed by atoms with E-state index in [1.807, 2.05) is 6.92 Å². The molecule has 1 atom stereocenters. The zero-order valence-corrected chi connectivity index (χ0v) is 10.9. The highest BCUT2D eigenvalue weighted by molar-refractivity contribution is 6.34. The summed E-state index contributed by atoms with van der Waals surface area (Å²) in [6.07, 6.45) is 0.0127. The molecule has 0 aliphatic rings. The molecule has 17 heavy (non-hydrogen) atoms. The molecule has 0 aromatic heterocycles. The molecule has 0 saturated heterocycles. The zero-order valence-electron chi connectivity index (χ0n) is 10.1. The second-order valence-electron chi connectivity index (χ2n) is 4.17. The van der Waals surface area contributed by atoms with E-state index in [0.29, 0.717) is 22.3 Å². The van der Waals surface area contributed by atoms with Crippen molar-refractivity contribution in [1.29, 1.82) is 0 Å². The van der Waals surface area contributed by atoms with Crippen molar-refractivity contribution >= 4 is 17.4 Å². The molecule has 3 N–H and O–H groups in total. The van der Waals surface area contributed by atoms with Gasteiger partial charge in [-0.1, -0.05) is 36.7 Å². The van der Waals surface area contributed by atoms with Crippen LogP contribution < -0.4 is 10.5 Å². The van der Waals surface area contributed by atoms with Crippen LogP contribution >= 0.6 is 11.6 Å². The van der Waals surface area contributed by atoms with E-state index in [1.54, 1.807) is 18.2 Å². The van der Waals surface area contributed by atoms with Crippen LogP contribution in [0.25, 0.3) is 0 Å². The Morgan fingerprint density at radius 3 is 2.59 bits per heavy atom. The van der Waals surface area contributed by atoms with E-state index in [1.165, 1.54) is 0 Å². The Bertz CT molecular complexity index is 419. The maximum Gasteiger partial charge on any atom is 0.175 e. The van der Waals surface area contributed by atoms with Gasteiger partial charge < -0.3 is 15.7 Å². The quantitative estimate of drug-likeness (QED) is 0.377. The van der Waals surface area contributed by atoms with Crippen molar-refractivity contribution in [3.05, 3.63) is 28.8 Å². The molecular formula is C12H17ClN2O2. The summed E-state index contributed by atoms with van der Waals surface area (Å²) in [4.78, 5) is 0. The van der Waals surface area contributed by atoms with E-state index < -0.39 is 0 Å². The fraction of sp³-hybridized carbons (Fsp3) is 0.417. The smallest absolute Gasteiger partial charge is 0.175 e. The Hall–Kier alpha value is -1.42. The van der Waals surface area contributed by atoms with Crippen LogP contribution in [0.2, 0.25) is 5.02 Å². The molecular weight excluding hydrogens is 240 g/mol. The summed E-state index contributed by atoms with van der Waals surface area (Å²) in [5, 5.41) is 12.1. The molecule has 0 aliphatic carbocycles. The van der Waals surface area contributed by atoms with Crippen molar-refractivity contribution < 1.29 is 9.94 Å².